The van der Waals surface area contributed by atoms with Gasteiger partial charge in [-0.3, -0.25) is 4.79 Å². The van der Waals surface area contributed by atoms with E-state index >= 15 is 0 Å². The Morgan fingerprint density at radius 3 is 3.05 bits per heavy atom. The number of aliphatic carboxylic acids is 1. The van der Waals surface area contributed by atoms with Crippen LogP contribution in [-0.4, -0.2) is 27.6 Å². The van der Waals surface area contributed by atoms with Crippen LogP contribution in [0.2, 0.25) is 0 Å². The Bertz CT molecular complexity index is 651. The maximum Gasteiger partial charge on any atom is 0.305 e. The molecule has 2 aromatic heterocycles. The fourth-order valence-corrected chi connectivity index (χ4v) is 3.83. The highest BCUT2D eigenvalue weighted by Gasteiger charge is 2.21. The van der Waals surface area contributed by atoms with Crippen LogP contribution in [0.1, 0.15) is 29.1 Å². The van der Waals surface area contributed by atoms with Gasteiger partial charge in [-0.1, -0.05) is 0 Å². The Morgan fingerprint density at radius 2 is 2.26 bits per heavy atom. The summed E-state index contributed by atoms with van der Waals surface area (Å²) in [5.74, 6) is 0.721. The first-order valence-corrected chi connectivity index (χ1v) is 7.21. The molecule has 19 heavy (non-hydrogen) atoms. The molecule has 1 aliphatic rings. The molecule has 100 valence electrons. The average molecular weight is 277 g/mol. The summed E-state index contributed by atoms with van der Waals surface area (Å²) < 4.78 is 0. The van der Waals surface area contributed by atoms with E-state index < -0.39 is 5.97 Å². The molecule has 1 aliphatic carbocycles. The minimum atomic E-state index is -0.801. The summed E-state index contributed by atoms with van der Waals surface area (Å²) in [4.78, 5) is 22.0. The van der Waals surface area contributed by atoms with Gasteiger partial charge in [-0.15, -0.1) is 11.3 Å². The van der Waals surface area contributed by atoms with Crippen LogP contribution in [0.4, 0.5) is 5.82 Å². The lowest BCUT2D eigenvalue weighted by Crippen LogP contribution is -2.09. The summed E-state index contributed by atoms with van der Waals surface area (Å²) in [5, 5.41) is 13.0. The van der Waals surface area contributed by atoms with Gasteiger partial charge in [0.05, 0.1) is 11.8 Å². The second-order valence-electron chi connectivity index (χ2n) is 4.73. The van der Waals surface area contributed by atoms with Gasteiger partial charge >= 0.3 is 5.97 Å². The second-order valence-corrected chi connectivity index (χ2v) is 5.81. The van der Waals surface area contributed by atoms with Crippen molar-refractivity contribution in [3.05, 3.63) is 16.3 Å². The first-order chi connectivity index (χ1) is 9.15. The van der Waals surface area contributed by atoms with Crippen molar-refractivity contribution < 1.29 is 9.90 Å². The quantitative estimate of drug-likeness (QED) is 0.897. The zero-order valence-electron chi connectivity index (χ0n) is 10.7. The van der Waals surface area contributed by atoms with E-state index in [0.717, 1.165) is 34.7 Å². The van der Waals surface area contributed by atoms with Crippen molar-refractivity contribution in [1.29, 1.82) is 0 Å². The summed E-state index contributed by atoms with van der Waals surface area (Å²) in [6, 6.07) is 0. The number of anilines is 1. The predicted molar refractivity (Wildman–Crippen MR) is 74.9 cm³/mol. The molecule has 6 heteroatoms. The summed E-state index contributed by atoms with van der Waals surface area (Å²) >= 11 is 1.75. The summed E-state index contributed by atoms with van der Waals surface area (Å²) in [7, 11) is 0. The maximum atomic E-state index is 10.6. The van der Waals surface area contributed by atoms with E-state index in [4.69, 9.17) is 5.11 Å². The lowest BCUT2D eigenvalue weighted by atomic mass is 10.2. The van der Waals surface area contributed by atoms with Crippen molar-refractivity contribution >= 4 is 33.3 Å². The molecule has 2 N–H and O–H groups in total. The van der Waals surface area contributed by atoms with Gasteiger partial charge in [0.15, 0.2) is 0 Å². The molecule has 0 saturated carbocycles. The topological polar surface area (TPSA) is 75.1 Å². The van der Waals surface area contributed by atoms with E-state index in [9.17, 15) is 4.79 Å². The summed E-state index contributed by atoms with van der Waals surface area (Å²) in [5.41, 5.74) is 1.36. The number of nitrogens with one attached hydrogen (secondary N) is 1. The Labute approximate surface area is 114 Å². The number of hydrogen-bond acceptors (Lipinski definition) is 5. The van der Waals surface area contributed by atoms with Gasteiger partial charge in [-0.05, 0) is 31.7 Å². The molecule has 5 nitrogen and oxygen atoms in total. The molecule has 0 aliphatic heterocycles. The molecule has 0 aromatic carbocycles. The third kappa shape index (κ3) is 2.28. The highest BCUT2D eigenvalue weighted by molar-refractivity contribution is 7.19. The summed E-state index contributed by atoms with van der Waals surface area (Å²) in [6.07, 6.45) is 3.50. The highest BCUT2D eigenvalue weighted by atomic mass is 32.1. The van der Waals surface area contributed by atoms with Crippen LogP contribution in [0.3, 0.4) is 0 Å². The van der Waals surface area contributed by atoms with Crippen molar-refractivity contribution in [2.75, 3.05) is 11.9 Å². The van der Waals surface area contributed by atoms with Crippen molar-refractivity contribution in [2.24, 2.45) is 0 Å². The average Bonchev–Trinajstić information content (AvgIpc) is 2.87. The molecule has 0 radical (unpaired) electrons. The normalized spacial score (nSPS) is 13.7. The van der Waals surface area contributed by atoms with E-state index in [1.165, 1.54) is 16.9 Å². The van der Waals surface area contributed by atoms with Crippen LogP contribution in [0.15, 0.2) is 0 Å². The van der Waals surface area contributed by atoms with Crippen LogP contribution in [0.25, 0.3) is 10.2 Å². The van der Waals surface area contributed by atoms with Crippen molar-refractivity contribution in [1.82, 2.24) is 9.97 Å². The number of aromatic nitrogens is 2. The Kier molecular flexibility index (Phi) is 3.10. The van der Waals surface area contributed by atoms with Gasteiger partial charge in [0.1, 0.15) is 16.5 Å². The molecular weight excluding hydrogens is 262 g/mol. The smallest absolute Gasteiger partial charge is 0.305 e. The molecular formula is C13H15N3O2S. The molecule has 0 amide bonds. The molecule has 0 bridgehead atoms. The third-order valence-corrected chi connectivity index (χ3v) is 4.49. The first-order valence-electron chi connectivity index (χ1n) is 6.39. The van der Waals surface area contributed by atoms with Gasteiger partial charge in [0.25, 0.3) is 0 Å². The van der Waals surface area contributed by atoms with Crippen molar-refractivity contribution in [2.45, 2.75) is 32.6 Å². The largest absolute Gasteiger partial charge is 0.481 e. The van der Waals surface area contributed by atoms with Gasteiger partial charge in [0.2, 0.25) is 0 Å². The number of carbonyl (C=O) groups is 1. The SMILES string of the molecule is Cc1nc(NCCC(=O)O)c2c3c(sc2n1)CCC3. The van der Waals surface area contributed by atoms with E-state index in [1.54, 1.807) is 11.3 Å². The van der Waals surface area contributed by atoms with Gasteiger partial charge in [-0.2, -0.15) is 0 Å². The maximum absolute atomic E-state index is 10.6. The number of hydrogen-bond donors (Lipinski definition) is 2. The number of carboxylic acids is 1. The van der Waals surface area contributed by atoms with Gasteiger partial charge < -0.3 is 10.4 Å². The third-order valence-electron chi connectivity index (χ3n) is 3.31. The predicted octanol–water partition coefficient (Wildman–Crippen LogP) is 2.38. The molecule has 0 unspecified atom stereocenters. The number of rotatable bonds is 4. The first kappa shape index (κ1) is 12.3. The lowest BCUT2D eigenvalue weighted by molar-refractivity contribution is -0.136. The molecule has 0 fully saturated rings. The Balaban J connectivity index is 1.99. The lowest BCUT2D eigenvalue weighted by Gasteiger charge is -2.07. The Morgan fingerprint density at radius 1 is 1.42 bits per heavy atom. The second kappa shape index (κ2) is 4.77. The van der Waals surface area contributed by atoms with Crippen LogP contribution < -0.4 is 5.32 Å². The zero-order valence-corrected chi connectivity index (χ0v) is 11.5. The fourth-order valence-electron chi connectivity index (χ4n) is 2.52. The molecule has 3 rings (SSSR count). The Hall–Kier alpha value is -1.69. The van der Waals surface area contributed by atoms with Crippen LogP contribution in [0.5, 0.6) is 0 Å². The van der Waals surface area contributed by atoms with Crippen molar-refractivity contribution in [3.8, 4) is 0 Å². The number of fused-ring (bicyclic) bond motifs is 3. The van der Waals surface area contributed by atoms with E-state index in [-0.39, 0.29) is 6.42 Å². The number of aryl methyl sites for hydroxylation is 3. The number of carboxylic acid groups (broad SMARTS) is 1. The van der Waals surface area contributed by atoms with E-state index in [1.807, 2.05) is 6.92 Å². The van der Waals surface area contributed by atoms with Crippen LogP contribution in [-0.2, 0) is 17.6 Å². The molecule has 0 spiro atoms. The highest BCUT2D eigenvalue weighted by Crippen LogP contribution is 2.39. The van der Waals surface area contributed by atoms with Crippen LogP contribution >= 0.6 is 11.3 Å². The molecule has 2 aromatic rings. The fraction of sp³-hybridized carbons (Fsp3) is 0.462. The monoisotopic (exact) mass is 277 g/mol. The van der Waals surface area contributed by atoms with E-state index in [2.05, 4.69) is 15.3 Å². The molecule has 0 atom stereocenters. The molecule has 0 saturated heterocycles. The minimum absolute atomic E-state index is 0.0941. The van der Waals surface area contributed by atoms with E-state index in [0.29, 0.717) is 6.54 Å². The van der Waals surface area contributed by atoms with Crippen LogP contribution in [0, 0.1) is 6.92 Å². The minimum Gasteiger partial charge on any atom is -0.481 e. The van der Waals surface area contributed by atoms with Crippen molar-refractivity contribution in [3.63, 3.8) is 0 Å². The standard InChI is InChI=1S/C13H15N3O2S/c1-7-15-12(14-6-5-10(17)18)11-8-3-2-4-9(8)19-13(11)16-7/h2-6H2,1H3,(H,17,18)(H,14,15,16). The number of nitrogens with zero attached hydrogens (tertiary/aromatic N) is 2. The number of thiophene rings is 1. The van der Waals surface area contributed by atoms with Gasteiger partial charge in [0, 0.05) is 11.4 Å². The van der Waals surface area contributed by atoms with Gasteiger partial charge in [-0.25, -0.2) is 9.97 Å². The zero-order chi connectivity index (χ0) is 13.4. The summed E-state index contributed by atoms with van der Waals surface area (Å²) in [6.45, 7) is 2.26. The molecule has 2 heterocycles.